The van der Waals surface area contributed by atoms with Crippen molar-refractivity contribution in [3.63, 3.8) is 0 Å². The SMILES string of the molecule is C/C=C1\CN2CCC34C(=C(C=O)C1C[C@@H]23)Nc1c(O)cccc14.Cl. The first kappa shape index (κ1) is 15.7. The fourth-order valence-corrected chi connectivity index (χ4v) is 5.50. The number of hydrogen-bond donors (Lipinski definition) is 2. The van der Waals surface area contributed by atoms with Crippen LogP contribution in [-0.4, -0.2) is 35.4 Å². The van der Waals surface area contributed by atoms with Crippen LogP contribution in [0.15, 0.2) is 41.1 Å². The fraction of sp³-hybridized carbons (Fsp3) is 0.421. The van der Waals surface area contributed by atoms with E-state index in [1.165, 1.54) is 11.1 Å². The van der Waals surface area contributed by atoms with E-state index in [-0.39, 0.29) is 29.5 Å². The van der Waals surface area contributed by atoms with Crippen LogP contribution in [0.1, 0.15) is 25.3 Å². The van der Waals surface area contributed by atoms with E-state index in [0.29, 0.717) is 6.04 Å². The minimum Gasteiger partial charge on any atom is -0.506 e. The zero-order chi connectivity index (χ0) is 15.8. The Hall–Kier alpha value is -1.78. The van der Waals surface area contributed by atoms with Gasteiger partial charge in [-0.1, -0.05) is 23.8 Å². The van der Waals surface area contributed by atoms with E-state index in [2.05, 4.69) is 29.3 Å². The number of carbonyl (C=O) groups is 1. The zero-order valence-corrected chi connectivity index (χ0v) is 14.4. The highest BCUT2D eigenvalue weighted by atomic mass is 35.5. The molecule has 24 heavy (non-hydrogen) atoms. The predicted molar refractivity (Wildman–Crippen MR) is 95.6 cm³/mol. The summed E-state index contributed by atoms with van der Waals surface area (Å²) in [6.45, 7) is 4.08. The summed E-state index contributed by atoms with van der Waals surface area (Å²) in [6, 6.07) is 6.18. The molecule has 0 radical (unpaired) electrons. The molecule has 4 aliphatic rings. The van der Waals surface area contributed by atoms with Crippen molar-refractivity contribution in [1.82, 2.24) is 4.90 Å². The lowest BCUT2D eigenvalue weighted by atomic mass is 9.62. The molecule has 3 atom stereocenters. The van der Waals surface area contributed by atoms with Gasteiger partial charge in [0.1, 0.15) is 12.0 Å². The largest absolute Gasteiger partial charge is 0.506 e. The number of halogens is 1. The molecule has 3 aliphatic heterocycles. The van der Waals surface area contributed by atoms with E-state index in [9.17, 15) is 9.90 Å². The molecule has 4 nitrogen and oxygen atoms in total. The third kappa shape index (κ3) is 1.60. The van der Waals surface area contributed by atoms with Gasteiger partial charge in [-0.15, -0.1) is 12.4 Å². The van der Waals surface area contributed by atoms with E-state index < -0.39 is 0 Å². The maximum Gasteiger partial charge on any atom is 0.148 e. The summed E-state index contributed by atoms with van der Waals surface area (Å²) in [6.07, 6.45) is 5.24. The van der Waals surface area contributed by atoms with Crippen molar-refractivity contribution in [3.8, 4) is 5.75 Å². The standard InChI is InChI=1S/C19H20N2O2.ClH/c1-2-11-9-21-7-6-19-14-4-3-5-15(23)17(14)20-18(19)13(10-22)12(11)8-16(19)21;/h2-5,10,12,16,20,23H,6-9H2,1H3;1H/b11-2+;/t12?,16-,19?;/m1./s1. The maximum atomic E-state index is 12.0. The van der Waals surface area contributed by atoms with Crippen LogP contribution in [0.5, 0.6) is 5.75 Å². The Morgan fingerprint density at radius 2 is 2.25 bits per heavy atom. The van der Waals surface area contributed by atoms with Crippen molar-refractivity contribution >= 4 is 24.4 Å². The number of para-hydroxylation sites is 1. The number of nitrogens with one attached hydrogen (secondary N) is 1. The molecule has 5 heteroatoms. The Morgan fingerprint density at radius 1 is 1.42 bits per heavy atom. The summed E-state index contributed by atoms with van der Waals surface area (Å²) in [5.41, 5.74) is 5.13. The second kappa shape index (κ2) is 5.11. The molecule has 0 aromatic heterocycles. The number of anilines is 1. The van der Waals surface area contributed by atoms with Crippen molar-refractivity contribution < 1.29 is 9.90 Å². The number of hydrogen-bond acceptors (Lipinski definition) is 4. The van der Waals surface area contributed by atoms with E-state index in [4.69, 9.17) is 0 Å². The molecular weight excluding hydrogens is 324 g/mol. The van der Waals surface area contributed by atoms with Gasteiger partial charge in [-0.25, -0.2) is 0 Å². The first-order chi connectivity index (χ1) is 11.2. The summed E-state index contributed by atoms with van der Waals surface area (Å²) in [5.74, 6) is 0.507. The minimum atomic E-state index is -0.139. The average molecular weight is 345 g/mol. The number of carbonyl (C=O) groups excluding carboxylic acids is 1. The van der Waals surface area contributed by atoms with Crippen LogP contribution in [-0.2, 0) is 10.2 Å². The Bertz CT molecular complexity index is 801. The first-order valence-electron chi connectivity index (χ1n) is 8.39. The second-order valence-corrected chi connectivity index (χ2v) is 7.13. The number of allylic oxidation sites excluding steroid dienone is 2. The van der Waals surface area contributed by atoms with Gasteiger partial charge < -0.3 is 10.4 Å². The molecule has 126 valence electrons. The second-order valence-electron chi connectivity index (χ2n) is 7.13. The number of aromatic hydroxyl groups is 1. The normalized spacial score (nSPS) is 34.5. The van der Waals surface area contributed by atoms with Crippen LogP contribution >= 0.6 is 12.4 Å². The van der Waals surface area contributed by atoms with Gasteiger partial charge in [-0.3, -0.25) is 9.69 Å². The van der Waals surface area contributed by atoms with Crippen LogP contribution in [0, 0.1) is 5.92 Å². The summed E-state index contributed by atoms with van der Waals surface area (Å²) >= 11 is 0. The molecule has 1 aromatic rings. The van der Waals surface area contributed by atoms with Crippen molar-refractivity contribution in [2.24, 2.45) is 5.92 Å². The number of aldehydes is 1. The monoisotopic (exact) mass is 344 g/mol. The number of fused-ring (bicyclic) bond motifs is 2. The fourth-order valence-electron chi connectivity index (χ4n) is 5.50. The number of nitrogens with zero attached hydrogens (tertiary/aromatic N) is 1. The van der Waals surface area contributed by atoms with Gasteiger partial charge in [0.2, 0.25) is 0 Å². The molecule has 2 fully saturated rings. The van der Waals surface area contributed by atoms with Gasteiger partial charge in [0.15, 0.2) is 0 Å². The Morgan fingerprint density at radius 3 is 3.00 bits per heavy atom. The van der Waals surface area contributed by atoms with Crippen LogP contribution in [0.25, 0.3) is 0 Å². The van der Waals surface area contributed by atoms with Crippen LogP contribution in [0.2, 0.25) is 0 Å². The van der Waals surface area contributed by atoms with E-state index in [1.807, 2.05) is 6.07 Å². The van der Waals surface area contributed by atoms with Gasteiger partial charge in [0.05, 0.1) is 11.1 Å². The average Bonchev–Trinajstić information content (AvgIpc) is 3.12. The Labute approximate surface area is 147 Å². The molecular formula is C19H21ClN2O2. The van der Waals surface area contributed by atoms with Gasteiger partial charge in [-0.2, -0.15) is 0 Å². The van der Waals surface area contributed by atoms with Crippen LogP contribution < -0.4 is 5.32 Å². The summed E-state index contributed by atoms with van der Waals surface area (Å²) < 4.78 is 0. The lowest BCUT2D eigenvalue weighted by Gasteiger charge is -2.48. The van der Waals surface area contributed by atoms with E-state index in [1.54, 1.807) is 6.07 Å². The predicted octanol–water partition coefficient (Wildman–Crippen LogP) is 2.98. The summed E-state index contributed by atoms with van der Waals surface area (Å²) in [5, 5.41) is 13.7. The van der Waals surface area contributed by atoms with Crippen molar-refractivity contribution in [2.45, 2.75) is 31.2 Å². The molecule has 0 saturated carbocycles. The molecule has 2 N–H and O–H groups in total. The number of rotatable bonds is 1. The molecule has 1 aromatic carbocycles. The number of phenolic OH excluding ortho intramolecular Hbond substituents is 1. The number of phenols is 1. The summed E-state index contributed by atoms with van der Waals surface area (Å²) in [4.78, 5) is 14.5. The van der Waals surface area contributed by atoms with Gasteiger partial charge in [-0.05, 0) is 31.4 Å². The third-order valence-electron chi connectivity index (χ3n) is 6.48. The van der Waals surface area contributed by atoms with Crippen LogP contribution in [0.3, 0.4) is 0 Å². The third-order valence-corrected chi connectivity index (χ3v) is 6.48. The number of piperidine rings is 1. The van der Waals surface area contributed by atoms with Gasteiger partial charge in [0, 0.05) is 36.3 Å². The molecule has 2 saturated heterocycles. The van der Waals surface area contributed by atoms with Gasteiger partial charge in [0.25, 0.3) is 0 Å². The van der Waals surface area contributed by atoms with Crippen LogP contribution in [0.4, 0.5) is 5.69 Å². The molecule has 2 bridgehead atoms. The lowest BCUT2D eigenvalue weighted by molar-refractivity contribution is -0.105. The molecule has 1 aliphatic carbocycles. The smallest absolute Gasteiger partial charge is 0.148 e. The maximum absolute atomic E-state index is 12.0. The van der Waals surface area contributed by atoms with E-state index >= 15 is 0 Å². The Balaban J connectivity index is 0.00000146. The highest BCUT2D eigenvalue weighted by Crippen LogP contribution is 2.61. The Kier molecular flexibility index (Phi) is 3.35. The van der Waals surface area contributed by atoms with Crippen molar-refractivity contribution in [2.75, 3.05) is 18.4 Å². The minimum absolute atomic E-state index is 0. The van der Waals surface area contributed by atoms with E-state index in [0.717, 1.165) is 49.2 Å². The molecule has 5 rings (SSSR count). The molecule has 1 spiro atoms. The molecule has 0 amide bonds. The topological polar surface area (TPSA) is 52.6 Å². The summed E-state index contributed by atoms with van der Waals surface area (Å²) in [7, 11) is 0. The molecule has 2 unspecified atom stereocenters. The lowest BCUT2D eigenvalue weighted by Crippen LogP contribution is -2.52. The highest BCUT2D eigenvalue weighted by Gasteiger charge is 2.61. The molecule has 3 heterocycles. The first-order valence-corrected chi connectivity index (χ1v) is 8.39. The highest BCUT2D eigenvalue weighted by molar-refractivity contribution is 5.86. The zero-order valence-electron chi connectivity index (χ0n) is 13.6. The quantitative estimate of drug-likeness (QED) is 0.467. The number of benzene rings is 1. The van der Waals surface area contributed by atoms with Crippen molar-refractivity contribution in [1.29, 1.82) is 0 Å². The van der Waals surface area contributed by atoms with Crippen molar-refractivity contribution in [3.05, 3.63) is 46.7 Å². The van der Waals surface area contributed by atoms with Gasteiger partial charge >= 0.3 is 0 Å².